The van der Waals surface area contributed by atoms with Gasteiger partial charge in [0.1, 0.15) is 17.3 Å². The molecule has 2 aromatic rings. The number of hydrogen-bond donors (Lipinski definition) is 2. The second-order valence-corrected chi connectivity index (χ2v) is 4.97. The molecular weight excluding hydrogens is 278 g/mol. The summed E-state index contributed by atoms with van der Waals surface area (Å²) in [5.41, 5.74) is 0.746. The smallest absolute Gasteiger partial charge is 0.269 e. The molecule has 0 saturated carbocycles. The van der Waals surface area contributed by atoms with E-state index in [1.54, 1.807) is 11.0 Å². The second kappa shape index (κ2) is 5.51. The standard InChI is InChI=1S/C14H14F2N4O/c15-9-1-2-13(11(16)7-9)20-6-4-10(8-20)18-14(21)12-3-5-17-19-12/h1-3,5,7,10H,4,6,8H2,(H,17,19)(H,18,21)/t10-/m0/s1. The number of amides is 1. The summed E-state index contributed by atoms with van der Waals surface area (Å²) in [7, 11) is 0. The monoisotopic (exact) mass is 292 g/mol. The summed E-state index contributed by atoms with van der Waals surface area (Å²) in [5.74, 6) is -1.42. The number of benzene rings is 1. The predicted molar refractivity (Wildman–Crippen MR) is 73.0 cm³/mol. The van der Waals surface area contributed by atoms with Crippen molar-refractivity contribution in [3.63, 3.8) is 0 Å². The third kappa shape index (κ3) is 2.86. The van der Waals surface area contributed by atoms with Crippen LogP contribution < -0.4 is 10.2 Å². The lowest BCUT2D eigenvalue weighted by atomic mass is 10.2. The van der Waals surface area contributed by atoms with Gasteiger partial charge in [0.25, 0.3) is 5.91 Å². The van der Waals surface area contributed by atoms with E-state index in [9.17, 15) is 13.6 Å². The molecule has 0 unspecified atom stereocenters. The minimum atomic E-state index is -0.598. The zero-order chi connectivity index (χ0) is 14.8. The Morgan fingerprint density at radius 3 is 2.95 bits per heavy atom. The number of rotatable bonds is 3. The number of anilines is 1. The Morgan fingerprint density at radius 1 is 1.38 bits per heavy atom. The topological polar surface area (TPSA) is 61.0 Å². The quantitative estimate of drug-likeness (QED) is 0.905. The molecule has 2 heterocycles. The number of nitrogens with zero attached hydrogens (tertiary/aromatic N) is 2. The lowest BCUT2D eigenvalue weighted by molar-refractivity contribution is 0.0935. The largest absolute Gasteiger partial charge is 0.367 e. The van der Waals surface area contributed by atoms with Gasteiger partial charge in [-0.3, -0.25) is 9.89 Å². The zero-order valence-corrected chi connectivity index (χ0v) is 11.1. The number of carbonyl (C=O) groups is 1. The number of aromatic amines is 1. The van der Waals surface area contributed by atoms with E-state index in [1.807, 2.05) is 0 Å². The first kappa shape index (κ1) is 13.5. The third-order valence-electron chi connectivity index (χ3n) is 3.52. The van der Waals surface area contributed by atoms with Gasteiger partial charge in [0.15, 0.2) is 0 Å². The first-order valence-electron chi connectivity index (χ1n) is 6.64. The Kier molecular flexibility index (Phi) is 3.55. The Morgan fingerprint density at radius 2 is 2.24 bits per heavy atom. The molecule has 110 valence electrons. The molecule has 3 rings (SSSR count). The fraction of sp³-hybridized carbons (Fsp3) is 0.286. The molecule has 0 spiro atoms. The number of halogens is 2. The summed E-state index contributed by atoms with van der Waals surface area (Å²) in [4.78, 5) is 13.7. The molecule has 1 aromatic carbocycles. The van der Waals surface area contributed by atoms with Crippen LogP contribution >= 0.6 is 0 Å². The first-order chi connectivity index (χ1) is 10.1. The minimum Gasteiger partial charge on any atom is -0.367 e. The summed E-state index contributed by atoms with van der Waals surface area (Å²) in [6, 6.07) is 5.02. The van der Waals surface area contributed by atoms with Crippen LogP contribution in [0.2, 0.25) is 0 Å². The molecule has 0 aliphatic carbocycles. The van der Waals surface area contributed by atoms with Crippen LogP contribution in [0, 0.1) is 11.6 Å². The highest BCUT2D eigenvalue weighted by atomic mass is 19.1. The van der Waals surface area contributed by atoms with Crippen molar-refractivity contribution >= 4 is 11.6 Å². The number of carbonyl (C=O) groups excluding carboxylic acids is 1. The Labute approximate surface area is 120 Å². The van der Waals surface area contributed by atoms with Gasteiger partial charge >= 0.3 is 0 Å². The van der Waals surface area contributed by atoms with Gasteiger partial charge in [-0.15, -0.1) is 0 Å². The lowest BCUT2D eigenvalue weighted by Crippen LogP contribution is -2.37. The van der Waals surface area contributed by atoms with Crippen molar-refractivity contribution in [1.29, 1.82) is 0 Å². The van der Waals surface area contributed by atoms with Gasteiger partial charge in [-0.2, -0.15) is 5.10 Å². The molecule has 1 amide bonds. The molecule has 21 heavy (non-hydrogen) atoms. The van der Waals surface area contributed by atoms with Gasteiger partial charge in [-0.25, -0.2) is 8.78 Å². The van der Waals surface area contributed by atoms with Crippen LogP contribution in [0.4, 0.5) is 14.5 Å². The number of H-pyrrole nitrogens is 1. The summed E-state index contributed by atoms with van der Waals surface area (Å²) < 4.78 is 26.6. The molecule has 1 atom stereocenters. The van der Waals surface area contributed by atoms with Crippen LogP contribution in [-0.2, 0) is 0 Å². The molecule has 1 saturated heterocycles. The van der Waals surface area contributed by atoms with Crippen LogP contribution in [0.3, 0.4) is 0 Å². The third-order valence-corrected chi connectivity index (χ3v) is 3.52. The highest BCUT2D eigenvalue weighted by Gasteiger charge is 2.26. The van der Waals surface area contributed by atoms with Crippen molar-refractivity contribution in [1.82, 2.24) is 15.5 Å². The summed E-state index contributed by atoms with van der Waals surface area (Å²) in [6.45, 7) is 1.10. The van der Waals surface area contributed by atoms with E-state index in [0.29, 0.717) is 30.9 Å². The molecule has 5 nitrogen and oxygen atoms in total. The number of nitrogens with one attached hydrogen (secondary N) is 2. The van der Waals surface area contributed by atoms with Gasteiger partial charge in [0.05, 0.1) is 5.69 Å². The summed E-state index contributed by atoms with van der Waals surface area (Å²) >= 11 is 0. The van der Waals surface area contributed by atoms with Gasteiger partial charge in [-0.05, 0) is 24.6 Å². The normalized spacial score (nSPS) is 18.0. The molecule has 1 aliphatic rings. The Balaban J connectivity index is 1.64. The minimum absolute atomic E-state index is 0.0785. The Bertz CT molecular complexity index is 644. The summed E-state index contributed by atoms with van der Waals surface area (Å²) in [5, 5.41) is 9.17. The molecule has 1 fully saturated rings. The van der Waals surface area contributed by atoms with Crippen LogP contribution in [0.1, 0.15) is 16.9 Å². The maximum Gasteiger partial charge on any atom is 0.269 e. The fourth-order valence-electron chi connectivity index (χ4n) is 2.48. The first-order valence-corrected chi connectivity index (χ1v) is 6.64. The molecular formula is C14H14F2N4O. The van der Waals surface area contributed by atoms with Crippen LogP contribution in [0.25, 0.3) is 0 Å². The van der Waals surface area contributed by atoms with Gasteiger partial charge in [0.2, 0.25) is 0 Å². The summed E-state index contributed by atoms with van der Waals surface area (Å²) in [6.07, 6.45) is 2.21. The van der Waals surface area contributed by atoms with E-state index in [-0.39, 0.29) is 11.9 Å². The predicted octanol–water partition coefficient (Wildman–Crippen LogP) is 1.70. The van der Waals surface area contributed by atoms with Gasteiger partial charge < -0.3 is 10.2 Å². The van der Waals surface area contributed by atoms with Crippen molar-refractivity contribution in [2.45, 2.75) is 12.5 Å². The van der Waals surface area contributed by atoms with Crippen molar-refractivity contribution in [2.24, 2.45) is 0 Å². The molecule has 7 heteroatoms. The maximum atomic E-state index is 13.7. The lowest BCUT2D eigenvalue weighted by Gasteiger charge is -2.19. The highest BCUT2D eigenvalue weighted by Crippen LogP contribution is 2.24. The number of hydrogen-bond acceptors (Lipinski definition) is 3. The van der Waals surface area contributed by atoms with E-state index in [0.717, 1.165) is 6.07 Å². The highest BCUT2D eigenvalue weighted by molar-refractivity contribution is 5.92. The van der Waals surface area contributed by atoms with Crippen molar-refractivity contribution in [2.75, 3.05) is 18.0 Å². The van der Waals surface area contributed by atoms with Crippen molar-refractivity contribution in [3.05, 3.63) is 47.8 Å². The van der Waals surface area contributed by atoms with E-state index < -0.39 is 11.6 Å². The fourth-order valence-corrected chi connectivity index (χ4v) is 2.48. The number of aromatic nitrogens is 2. The van der Waals surface area contributed by atoms with Crippen LogP contribution in [-0.4, -0.2) is 35.2 Å². The molecule has 0 radical (unpaired) electrons. The van der Waals surface area contributed by atoms with E-state index >= 15 is 0 Å². The van der Waals surface area contributed by atoms with Gasteiger partial charge in [-0.1, -0.05) is 0 Å². The van der Waals surface area contributed by atoms with E-state index in [2.05, 4.69) is 15.5 Å². The molecule has 0 bridgehead atoms. The van der Waals surface area contributed by atoms with Gasteiger partial charge in [0, 0.05) is 31.4 Å². The Hall–Kier alpha value is -2.44. The molecule has 1 aromatic heterocycles. The maximum absolute atomic E-state index is 13.7. The molecule has 2 N–H and O–H groups in total. The van der Waals surface area contributed by atoms with E-state index in [1.165, 1.54) is 18.3 Å². The molecule has 1 aliphatic heterocycles. The zero-order valence-electron chi connectivity index (χ0n) is 11.1. The average molecular weight is 292 g/mol. The van der Waals surface area contributed by atoms with Crippen molar-refractivity contribution < 1.29 is 13.6 Å². The average Bonchev–Trinajstić information content (AvgIpc) is 3.09. The van der Waals surface area contributed by atoms with Crippen LogP contribution in [0.15, 0.2) is 30.5 Å². The second-order valence-electron chi connectivity index (χ2n) is 4.97. The SMILES string of the molecule is O=C(N[C@H]1CCN(c2ccc(F)cc2F)C1)c1ccn[nH]1. The van der Waals surface area contributed by atoms with E-state index in [4.69, 9.17) is 0 Å². The van der Waals surface area contributed by atoms with Crippen molar-refractivity contribution in [3.8, 4) is 0 Å². The van der Waals surface area contributed by atoms with Crippen LogP contribution in [0.5, 0.6) is 0 Å².